The number of carbonyl (C=O) groups excluding carboxylic acids is 2. The number of unbranched alkanes of at least 4 members (excludes halogenated alkanes) is 1. The van der Waals surface area contributed by atoms with Crippen LogP contribution < -0.4 is 0 Å². The van der Waals surface area contributed by atoms with Crippen LogP contribution in [0.5, 0.6) is 0 Å². The Morgan fingerprint density at radius 2 is 1.80 bits per heavy atom. The largest absolute Gasteiger partial charge is 0.339 e. The summed E-state index contributed by atoms with van der Waals surface area (Å²) >= 11 is 0. The second kappa shape index (κ2) is 8.17. The molecule has 6 heteroatoms. The third kappa shape index (κ3) is 4.88. The van der Waals surface area contributed by atoms with E-state index in [1.54, 1.807) is 6.92 Å². The number of amides is 2. The van der Waals surface area contributed by atoms with E-state index in [-0.39, 0.29) is 11.8 Å². The van der Waals surface area contributed by atoms with E-state index < -0.39 is 0 Å². The smallest absolute Gasteiger partial charge is 0.222 e. The van der Waals surface area contributed by atoms with E-state index in [1.165, 1.54) is 18.6 Å². The highest BCUT2D eigenvalue weighted by molar-refractivity contribution is 8.77. The Labute approximate surface area is 129 Å². The van der Waals surface area contributed by atoms with E-state index in [2.05, 4.69) is 0 Å². The topological polar surface area (TPSA) is 40.6 Å². The highest BCUT2D eigenvalue weighted by atomic mass is 33.1. The van der Waals surface area contributed by atoms with Crippen LogP contribution in [0.15, 0.2) is 0 Å². The fourth-order valence-corrected chi connectivity index (χ4v) is 5.67. The Morgan fingerprint density at radius 1 is 1.10 bits per heavy atom. The Kier molecular flexibility index (Phi) is 6.55. The molecular weight excluding hydrogens is 292 g/mol. The van der Waals surface area contributed by atoms with Gasteiger partial charge in [-0.25, -0.2) is 0 Å². The van der Waals surface area contributed by atoms with Crippen molar-refractivity contribution in [3.8, 4) is 0 Å². The number of rotatable bonds is 5. The van der Waals surface area contributed by atoms with Crippen molar-refractivity contribution in [3.05, 3.63) is 0 Å². The summed E-state index contributed by atoms with van der Waals surface area (Å²) in [6.45, 7) is 4.38. The second-order valence-electron chi connectivity index (χ2n) is 5.46. The SMILES string of the molecule is CC(=O)N1CCN(C(=O)CCCC[C@@H]2CCSS2)CC1. The first-order valence-electron chi connectivity index (χ1n) is 7.48. The maximum atomic E-state index is 12.1. The number of carbonyl (C=O) groups is 2. The van der Waals surface area contributed by atoms with E-state index in [4.69, 9.17) is 0 Å². The zero-order valence-corrected chi connectivity index (χ0v) is 13.8. The van der Waals surface area contributed by atoms with Crippen LogP contribution in [-0.4, -0.2) is 58.8 Å². The van der Waals surface area contributed by atoms with Crippen LogP contribution in [0.3, 0.4) is 0 Å². The molecule has 2 amide bonds. The average molecular weight is 316 g/mol. The standard InChI is InChI=1S/C14H24N2O2S2/c1-12(17)15-7-9-16(10-8-15)14(18)5-3-2-4-13-6-11-19-20-13/h13H,2-11H2,1H3/t13-/m1/s1. The monoisotopic (exact) mass is 316 g/mol. The van der Waals surface area contributed by atoms with Gasteiger partial charge in [0.15, 0.2) is 0 Å². The van der Waals surface area contributed by atoms with Crippen molar-refractivity contribution in [2.24, 2.45) is 0 Å². The maximum Gasteiger partial charge on any atom is 0.222 e. The summed E-state index contributed by atoms with van der Waals surface area (Å²) in [6, 6.07) is 0. The summed E-state index contributed by atoms with van der Waals surface area (Å²) in [5.41, 5.74) is 0. The average Bonchev–Trinajstić information content (AvgIpc) is 2.96. The Hall–Kier alpha value is -0.360. The van der Waals surface area contributed by atoms with E-state index in [0.717, 1.165) is 18.1 Å². The molecule has 1 atom stereocenters. The van der Waals surface area contributed by atoms with Gasteiger partial charge < -0.3 is 9.80 Å². The lowest BCUT2D eigenvalue weighted by molar-refractivity contribution is -0.138. The molecule has 0 aromatic heterocycles. The van der Waals surface area contributed by atoms with Crippen molar-refractivity contribution in [1.29, 1.82) is 0 Å². The quantitative estimate of drug-likeness (QED) is 0.577. The van der Waals surface area contributed by atoms with Gasteiger partial charge >= 0.3 is 0 Å². The Balaban J connectivity index is 1.57. The van der Waals surface area contributed by atoms with Gasteiger partial charge in [0.25, 0.3) is 0 Å². The zero-order valence-electron chi connectivity index (χ0n) is 12.2. The van der Waals surface area contributed by atoms with Gasteiger partial charge in [0.2, 0.25) is 11.8 Å². The minimum Gasteiger partial charge on any atom is -0.339 e. The fourth-order valence-electron chi connectivity index (χ4n) is 2.64. The minimum atomic E-state index is 0.115. The normalized spacial score (nSPS) is 23.1. The van der Waals surface area contributed by atoms with Crippen LogP contribution in [0.4, 0.5) is 0 Å². The van der Waals surface area contributed by atoms with Gasteiger partial charge in [-0.05, 0) is 19.3 Å². The molecule has 2 heterocycles. The molecule has 4 nitrogen and oxygen atoms in total. The zero-order chi connectivity index (χ0) is 14.4. The molecule has 20 heavy (non-hydrogen) atoms. The van der Waals surface area contributed by atoms with Crippen LogP contribution in [0.1, 0.15) is 39.0 Å². The van der Waals surface area contributed by atoms with Gasteiger partial charge in [-0.2, -0.15) is 0 Å². The van der Waals surface area contributed by atoms with Crippen LogP contribution in [0.2, 0.25) is 0 Å². The fraction of sp³-hybridized carbons (Fsp3) is 0.857. The van der Waals surface area contributed by atoms with E-state index >= 15 is 0 Å². The van der Waals surface area contributed by atoms with Crippen LogP contribution in [0.25, 0.3) is 0 Å². The molecule has 2 aliphatic heterocycles. The third-order valence-corrected chi connectivity index (χ3v) is 6.98. The van der Waals surface area contributed by atoms with Crippen LogP contribution in [0, 0.1) is 0 Å². The Morgan fingerprint density at radius 3 is 2.40 bits per heavy atom. The third-order valence-electron chi connectivity index (χ3n) is 3.97. The van der Waals surface area contributed by atoms with Crippen molar-refractivity contribution in [3.63, 3.8) is 0 Å². The predicted molar refractivity (Wildman–Crippen MR) is 85.8 cm³/mol. The summed E-state index contributed by atoms with van der Waals surface area (Å²) in [5.74, 6) is 1.67. The lowest BCUT2D eigenvalue weighted by Crippen LogP contribution is -2.50. The summed E-state index contributed by atoms with van der Waals surface area (Å²) in [6.07, 6.45) is 5.43. The number of nitrogens with zero attached hydrogens (tertiary/aromatic N) is 2. The molecule has 0 aromatic carbocycles. The molecule has 2 fully saturated rings. The Bertz CT molecular complexity index is 338. The number of piperazine rings is 1. The maximum absolute atomic E-state index is 12.1. The van der Waals surface area contributed by atoms with Crippen molar-refractivity contribution < 1.29 is 9.59 Å². The van der Waals surface area contributed by atoms with Gasteiger partial charge in [0.05, 0.1) is 0 Å². The van der Waals surface area contributed by atoms with Gasteiger partial charge in [0.1, 0.15) is 0 Å². The lowest BCUT2D eigenvalue weighted by Gasteiger charge is -2.34. The first-order chi connectivity index (χ1) is 9.66. The van der Waals surface area contributed by atoms with Crippen molar-refractivity contribution in [2.75, 3.05) is 31.9 Å². The van der Waals surface area contributed by atoms with Gasteiger partial charge in [-0.15, -0.1) is 0 Å². The second-order valence-corrected chi connectivity index (χ2v) is 8.25. The molecule has 0 spiro atoms. The minimum absolute atomic E-state index is 0.115. The van der Waals surface area contributed by atoms with Crippen molar-refractivity contribution in [1.82, 2.24) is 9.80 Å². The summed E-state index contributed by atoms with van der Waals surface area (Å²) in [5, 5.41) is 0.814. The number of hydrogen-bond acceptors (Lipinski definition) is 4. The molecular formula is C14H24N2O2S2. The van der Waals surface area contributed by atoms with Crippen molar-refractivity contribution >= 4 is 33.4 Å². The van der Waals surface area contributed by atoms with E-state index in [9.17, 15) is 9.59 Å². The summed E-state index contributed by atoms with van der Waals surface area (Å²) in [7, 11) is 4.00. The molecule has 0 N–H and O–H groups in total. The highest BCUT2D eigenvalue weighted by Gasteiger charge is 2.22. The molecule has 2 saturated heterocycles. The highest BCUT2D eigenvalue weighted by Crippen LogP contribution is 2.39. The molecule has 2 rings (SSSR count). The van der Waals surface area contributed by atoms with Crippen LogP contribution in [-0.2, 0) is 9.59 Å². The molecule has 0 bridgehead atoms. The summed E-state index contributed by atoms with van der Waals surface area (Å²) < 4.78 is 0. The van der Waals surface area contributed by atoms with Crippen molar-refractivity contribution in [2.45, 2.75) is 44.3 Å². The van der Waals surface area contributed by atoms with E-state index in [0.29, 0.717) is 32.6 Å². The van der Waals surface area contributed by atoms with E-state index in [1.807, 2.05) is 31.4 Å². The lowest BCUT2D eigenvalue weighted by atomic mass is 10.1. The molecule has 0 unspecified atom stereocenters. The first kappa shape index (κ1) is 16.0. The molecule has 2 aliphatic rings. The van der Waals surface area contributed by atoms with Gasteiger partial charge in [-0.3, -0.25) is 9.59 Å². The molecule has 0 aliphatic carbocycles. The van der Waals surface area contributed by atoms with Gasteiger partial charge in [0, 0.05) is 50.5 Å². The molecule has 114 valence electrons. The summed E-state index contributed by atoms with van der Waals surface area (Å²) in [4.78, 5) is 27.0. The van der Waals surface area contributed by atoms with Crippen LogP contribution >= 0.6 is 21.6 Å². The molecule has 0 radical (unpaired) electrons. The molecule has 0 aromatic rings. The number of hydrogen-bond donors (Lipinski definition) is 0. The first-order valence-corrected chi connectivity index (χ1v) is 9.86. The van der Waals surface area contributed by atoms with Gasteiger partial charge in [-0.1, -0.05) is 28.0 Å². The predicted octanol–water partition coefficient (Wildman–Crippen LogP) is 2.39. The molecule has 0 saturated carbocycles.